The summed E-state index contributed by atoms with van der Waals surface area (Å²) >= 11 is 1.06. The number of thioether (sulfide) groups is 1. The lowest BCUT2D eigenvalue weighted by atomic mass is 10.2. The Balaban J connectivity index is 1.47. The maximum Gasteiger partial charge on any atom is 0.243 e. The average molecular weight is 466 g/mol. The lowest BCUT2D eigenvalue weighted by Crippen LogP contribution is -2.34. The number of methoxy groups -OCH3 is 1. The van der Waals surface area contributed by atoms with Crippen molar-refractivity contribution in [2.75, 3.05) is 24.7 Å². The van der Waals surface area contributed by atoms with E-state index in [2.05, 4.69) is 26.2 Å². The van der Waals surface area contributed by atoms with Crippen LogP contribution in [-0.2, 0) is 16.1 Å². The van der Waals surface area contributed by atoms with Gasteiger partial charge in [-0.05, 0) is 40.3 Å². The van der Waals surface area contributed by atoms with Crippen LogP contribution < -0.4 is 15.4 Å². The van der Waals surface area contributed by atoms with Crippen molar-refractivity contribution in [1.82, 2.24) is 25.5 Å². The Morgan fingerprint density at radius 2 is 1.81 bits per heavy atom. The fraction of sp³-hybridized carbons (Fsp3) is 0.211. The number of tetrazole rings is 1. The third-order valence-electron chi connectivity index (χ3n) is 4.08. The number of carbonyl (C=O) groups excluding carboxylic acids is 2. The lowest BCUT2D eigenvalue weighted by molar-refractivity contribution is -0.122. The Hall–Kier alpha value is -3.61. The van der Waals surface area contributed by atoms with Crippen LogP contribution in [0.2, 0.25) is 0 Å². The Bertz CT molecular complexity index is 1110. The molecule has 0 atom stereocenters. The molecule has 3 aromatic rings. The highest BCUT2D eigenvalue weighted by Gasteiger charge is 2.16. The second-order valence-corrected chi connectivity index (χ2v) is 7.25. The summed E-state index contributed by atoms with van der Waals surface area (Å²) < 4.78 is 46.3. The number of aromatic nitrogens is 4. The molecule has 32 heavy (non-hydrogen) atoms. The van der Waals surface area contributed by atoms with E-state index in [1.54, 1.807) is 19.2 Å². The van der Waals surface area contributed by atoms with Gasteiger partial charge < -0.3 is 15.4 Å². The van der Waals surface area contributed by atoms with Gasteiger partial charge in [0.2, 0.25) is 17.0 Å². The van der Waals surface area contributed by atoms with Crippen LogP contribution in [0.5, 0.6) is 5.75 Å². The zero-order valence-electron chi connectivity index (χ0n) is 16.6. The summed E-state index contributed by atoms with van der Waals surface area (Å²) in [5.74, 6) is -5.28. The largest absolute Gasteiger partial charge is 0.497 e. The molecule has 1 aromatic heterocycles. The predicted octanol–water partition coefficient (Wildman–Crippen LogP) is 1.99. The van der Waals surface area contributed by atoms with Crippen molar-refractivity contribution in [2.24, 2.45) is 0 Å². The smallest absolute Gasteiger partial charge is 0.243 e. The Labute approximate surface area is 184 Å². The standard InChI is InChI=1S/C19H17F3N6O3S/c1-31-12-4-2-11(3-5-12)9-28-19(25-26-27-28)32-10-16(30)23-8-15(29)24-14-7-6-13(20)17(21)18(14)22/h2-7H,8-10H2,1H3,(H,23,30)(H,24,29). The SMILES string of the molecule is COc1ccc(Cn2nnnc2SCC(=O)NCC(=O)Nc2ccc(F)c(F)c2F)cc1. The zero-order chi connectivity index (χ0) is 23.1. The van der Waals surface area contributed by atoms with Crippen molar-refractivity contribution in [1.29, 1.82) is 0 Å². The van der Waals surface area contributed by atoms with Crippen LogP contribution in [-0.4, -0.2) is 51.4 Å². The van der Waals surface area contributed by atoms with Gasteiger partial charge in [0, 0.05) is 0 Å². The molecule has 168 valence electrons. The van der Waals surface area contributed by atoms with Crippen molar-refractivity contribution < 1.29 is 27.5 Å². The molecule has 9 nitrogen and oxygen atoms in total. The number of hydrogen-bond donors (Lipinski definition) is 2. The Morgan fingerprint density at radius 3 is 2.53 bits per heavy atom. The highest BCUT2D eigenvalue weighted by Crippen LogP contribution is 2.19. The van der Waals surface area contributed by atoms with Crippen molar-refractivity contribution in [3.63, 3.8) is 0 Å². The van der Waals surface area contributed by atoms with E-state index in [9.17, 15) is 22.8 Å². The summed E-state index contributed by atoms with van der Waals surface area (Å²) in [4.78, 5) is 23.9. The first-order valence-corrected chi connectivity index (χ1v) is 10.1. The number of rotatable bonds is 9. The van der Waals surface area contributed by atoms with Gasteiger partial charge in [0.1, 0.15) is 5.75 Å². The minimum atomic E-state index is -1.70. The van der Waals surface area contributed by atoms with E-state index in [-0.39, 0.29) is 5.75 Å². The molecule has 2 N–H and O–H groups in total. The van der Waals surface area contributed by atoms with Crippen LogP contribution in [0, 0.1) is 17.5 Å². The summed E-state index contributed by atoms with van der Waals surface area (Å²) in [6.07, 6.45) is 0. The fourth-order valence-corrected chi connectivity index (χ4v) is 3.19. The van der Waals surface area contributed by atoms with Crippen molar-refractivity contribution >= 4 is 29.3 Å². The molecule has 0 aliphatic carbocycles. The minimum Gasteiger partial charge on any atom is -0.497 e. The third kappa shape index (κ3) is 5.97. The third-order valence-corrected chi connectivity index (χ3v) is 5.04. The molecule has 0 saturated carbocycles. The summed E-state index contributed by atoms with van der Waals surface area (Å²) in [6, 6.07) is 8.88. The Kier molecular flexibility index (Phi) is 7.65. The molecule has 0 bridgehead atoms. The second-order valence-electron chi connectivity index (χ2n) is 6.30. The highest BCUT2D eigenvalue weighted by molar-refractivity contribution is 7.99. The average Bonchev–Trinajstić information content (AvgIpc) is 3.24. The van der Waals surface area contributed by atoms with E-state index in [0.717, 1.165) is 23.4 Å². The predicted molar refractivity (Wildman–Crippen MR) is 109 cm³/mol. The number of hydrogen-bond acceptors (Lipinski definition) is 7. The zero-order valence-corrected chi connectivity index (χ0v) is 17.5. The molecular formula is C19H17F3N6O3S. The summed E-state index contributed by atoms with van der Waals surface area (Å²) in [6.45, 7) is -0.113. The topological polar surface area (TPSA) is 111 Å². The van der Waals surface area contributed by atoms with E-state index in [0.29, 0.717) is 23.5 Å². The van der Waals surface area contributed by atoms with Crippen LogP contribution in [0.25, 0.3) is 0 Å². The number of ether oxygens (including phenoxy) is 1. The molecule has 3 rings (SSSR count). The van der Waals surface area contributed by atoms with Crippen molar-refractivity contribution in [3.8, 4) is 5.75 Å². The van der Waals surface area contributed by atoms with Crippen LogP contribution in [0.1, 0.15) is 5.56 Å². The Morgan fingerprint density at radius 1 is 1.06 bits per heavy atom. The summed E-state index contributed by atoms with van der Waals surface area (Å²) in [5.41, 5.74) is 0.390. The van der Waals surface area contributed by atoms with Gasteiger partial charge in [-0.25, -0.2) is 17.9 Å². The normalized spacial score (nSPS) is 10.6. The van der Waals surface area contributed by atoms with Crippen LogP contribution in [0.15, 0.2) is 41.6 Å². The quantitative estimate of drug-likeness (QED) is 0.367. The fourth-order valence-electron chi connectivity index (χ4n) is 2.48. The lowest BCUT2D eigenvalue weighted by Gasteiger charge is -2.08. The van der Waals surface area contributed by atoms with Gasteiger partial charge in [0.25, 0.3) is 0 Å². The van der Waals surface area contributed by atoms with Crippen LogP contribution in [0.4, 0.5) is 18.9 Å². The van der Waals surface area contributed by atoms with Crippen molar-refractivity contribution in [2.45, 2.75) is 11.7 Å². The minimum absolute atomic E-state index is 0.0875. The number of halogens is 3. The molecule has 2 aromatic carbocycles. The number of nitrogens with one attached hydrogen (secondary N) is 2. The highest BCUT2D eigenvalue weighted by atomic mass is 32.2. The van der Waals surface area contributed by atoms with Crippen LogP contribution >= 0.6 is 11.8 Å². The first-order valence-electron chi connectivity index (χ1n) is 9.09. The summed E-state index contributed by atoms with van der Waals surface area (Å²) in [7, 11) is 1.57. The van der Waals surface area contributed by atoms with Crippen LogP contribution in [0.3, 0.4) is 0 Å². The van der Waals surface area contributed by atoms with Gasteiger partial charge in [-0.1, -0.05) is 23.9 Å². The first kappa shape index (κ1) is 23.1. The van der Waals surface area contributed by atoms with E-state index >= 15 is 0 Å². The van der Waals surface area contributed by atoms with E-state index in [1.165, 1.54) is 4.68 Å². The number of nitrogens with zero attached hydrogens (tertiary/aromatic N) is 4. The molecular weight excluding hydrogens is 449 g/mol. The molecule has 0 aliphatic heterocycles. The monoisotopic (exact) mass is 466 g/mol. The molecule has 0 fully saturated rings. The molecule has 0 saturated heterocycles. The molecule has 0 aliphatic rings. The number of anilines is 1. The maximum absolute atomic E-state index is 13.6. The van der Waals surface area contributed by atoms with Crippen molar-refractivity contribution in [3.05, 3.63) is 59.4 Å². The number of benzene rings is 2. The molecule has 1 heterocycles. The number of carbonyl (C=O) groups is 2. The van der Waals surface area contributed by atoms with E-state index < -0.39 is 41.5 Å². The maximum atomic E-state index is 13.6. The molecule has 13 heteroatoms. The summed E-state index contributed by atoms with van der Waals surface area (Å²) in [5, 5.41) is 16.1. The number of amides is 2. The van der Waals surface area contributed by atoms with E-state index in [1.807, 2.05) is 12.1 Å². The molecule has 0 radical (unpaired) electrons. The van der Waals surface area contributed by atoms with Gasteiger partial charge in [0.05, 0.1) is 31.6 Å². The van der Waals surface area contributed by atoms with Gasteiger partial charge in [-0.2, -0.15) is 0 Å². The van der Waals surface area contributed by atoms with Gasteiger partial charge in [-0.15, -0.1) is 5.10 Å². The van der Waals surface area contributed by atoms with Gasteiger partial charge >= 0.3 is 0 Å². The second kappa shape index (κ2) is 10.6. The van der Waals surface area contributed by atoms with Gasteiger partial charge in [-0.3, -0.25) is 9.59 Å². The molecule has 0 unspecified atom stereocenters. The molecule has 2 amide bonds. The van der Waals surface area contributed by atoms with E-state index in [4.69, 9.17) is 4.74 Å². The first-order chi connectivity index (χ1) is 15.4. The molecule has 0 spiro atoms. The van der Waals surface area contributed by atoms with Gasteiger partial charge in [0.15, 0.2) is 17.5 Å².